The van der Waals surface area contributed by atoms with Gasteiger partial charge in [-0.3, -0.25) is 0 Å². The normalized spacial score (nSPS) is 14.0. The maximum atomic E-state index is 6.14. The van der Waals surface area contributed by atoms with E-state index in [9.17, 15) is 0 Å². The Kier molecular flexibility index (Phi) is 6.90. The summed E-state index contributed by atoms with van der Waals surface area (Å²) in [4.78, 5) is 3.53. The summed E-state index contributed by atoms with van der Waals surface area (Å²) in [5.41, 5.74) is 5.05. The summed E-state index contributed by atoms with van der Waals surface area (Å²) in [5.74, 6) is 0. The SMILES string of the molecule is CC.Clc1cccc(CNSN2CCc3c([nH]c4ccc(Cl)cc34)C2)c1. The third-order valence-corrected chi connectivity index (χ3v) is 5.57. The zero-order valence-electron chi connectivity index (χ0n) is 15.0. The van der Waals surface area contributed by atoms with Gasteiger partial charge < -0.3 is 4.98 Å². The highest BCUT2D eigenvalue weighted by atomic mass is 35.5. The zero-order valence-corrected chi connectivity index (χ0v) is 17.3. The first-order chi connectivity index (χ1) is 12.7. The van der Waals surface area contributed by atoms with Crippen LogP contribution < -0.4 is 4.72 Å². The predicted molar refractivity (Wildman–Crippen MR) is 115 cm³/mol. The first-order valence-corrected chi connectivity index (χ1v) is 10.4. The summed E-state index contributed by atoms with van der Waals surface area (Å²) in [6.45, 7) is 6.70. The van der Waals surface area contributed by atoms with Crippen LogP contribution in [-0.2, 0) is 19.5 Å². The summed E-state index contributed by atoms with van der Waals surface area (Å²) in [6.07, 6.45) is 1.03. The molecule has 3 nitrogen and oxygen atoms in total. The Balaban J connectivity index is 0.000000948. The molecule has 0 radical (unpaired) electrons. The Hall–Kier alpha value is -1.17. The lowest BCUT2D eigenvalue weighted by Crippen LogP contribution is -2.27. The fraction of sp³-hybridized carbons (Fsp3) is 0.300. The van der Waals surface area contributed by atoms with Gasteiger partial charge in [-0.25, -0.2) is 9.03 Å². The van der Waals surface area contributed by atoms with Gasteiger partial charge in [-0.15, -0.1) is 0 Å². The number of aromatic nitrogens is 1. The van der Waals surface area contributed by atoms with Crippen molar-refractivity contribution < 1.29 is 0 Å². The lowest BCUT2D eigenvalue weighted by Gasteiger charge is -2.25. The van der Waals surface area contributed by atoms with E-state index in [1.165, 1.54) is 27.7 Å². The second-order valence-electron chi connectivity index (χ2n) is 5.93. The Bertz CT molecular complexity index is 879. The number of nitrogens with one attached hydrogen (secondary N) is 2. The largest absolute Gasteiger partial charge is 0.357 e. The number of rotatable bonds is 4. The molecule has 1 aliphatic rings. The molecule has 4 rings (SSSR count). The molecule has 6 heteroatoms. The van der Waals surface area contributed by atoms with Gasteiger partial charge in [0.2, 0.25) is 0 Å². The maximum Gasteiger partial charge on any atom is 0.0507 e. The molecule has 0 spiro atoms. The molecule has 2 heterocycles. The molecule has 0 aliphatic carbocycles. The molecule has 138 valence electrons. The van der Waals surface area contributed by atoms with Crippen molar-refractivity contribution in [3.05, 3.63) is 69.3 Å². The number of hydrogen-bond acceptors (Lipinski definition) is 3. The van der Waals surface area contributed by atoms with Crippen molar-refractivity contribution in [2.45, 2.75) is 33.4 Å². The van der Waals surface area contributed by atoms with E-state index < -0.39 is 0 Å². The number of H-pyrrole nitrogens is 1. The third kappa shape index (κ3) is 4.56. The minimum absolute atomic E-state index is 0.777. The van der Waals surface area contributed by atoms with Crippen molar-refractivity contribution in [1.82, 2.24) is 14.0 Å². The van der Waals surface area contributed by atoms with Gasteiger partial charge in [-0.1, -0.05) is 49.2 Å². The molecular weight excluding hydrogens is 385 g/mol. The van der Waals surface area contributed by atoms with Crippen molar-refractivity contribution in [3.8, 4) is 0 Å². The molecule has 2 aromatic carbocycles. The van der Waals surface area contributed by atoms with Crippen LogP contribution in [0.5, 0.6) is 0 Å². The molecule has 0 unspecified atom stereocenters. The summed E-state index contributed by atoms with van der Waals surface area (Å²) < 4.78 is 5.76. The number of fused-ring (bicyclic) bond motifs is 3. The van der Waals surface area contributed by atoms with E-state index in [1.54, 1.807) is 12.1 Å². The van der Waals surface area contributed by atoms with Crippen molar-refractivity contribution in [2.75, 3.05) is 6.54 Å². The highest BCUT2D eigenvalue weighted by molar-refractivity contribution is 7.95. The molecule has 0 saturated carbocycles. The summed E-state index contributed by atoms with van der Waals surface area (Å²) >= 11 is 13.8. The number of nitrogens with zero attached hydrogens (tertiary/aromatic N) is 1. The van der Waals surface area contributed by atoms with E-state index >= 15 is 0 Å². The second-order valence-corrected chi connectivity index (χ2v) is 7.79. The van der Waals surface area contributed by atoms with Crippen LogP contribution in [0.3, 0.4) is 0 Å². The number of hydrogen-bond donors (Lipinski definition) is 2. The van der Waals surface area contributed by atoms with E-state index in [2.05, 4.69) is 32.2 Å². The molecule has 3 aromatic rings. The van der Waals surface area contributed by atoms with Crippen LogP contribution in [0.1, 0.15) is 30.7 Å². The average Bonchev–Trinajstić information content (AvgIpc) is 3.00. The Morgan fingerprint density at radius 2 is 1.92 bits per heavy atom. The fourth-order valence-corrected chi connectivity index (χ4v) is 4.29. The minimum Gasteiger partial charge on any atom is -0.357 e. The highest BCUT2D eigenvalue weighted by Gasteiger charge is 2.21. The van der Waals surface area contributed by atoms with E-state index in [0.717, 1.165) is 36.1 Å². The van der Waals surface area contributed by atoms with Crippen LogP contribution in [0.25, 0.3) is 10.9 Å². The lowest BCUT2D eigenvalue weighted by molar-refractivity contribution is 0.437. The minimum atomic E-state index is 0.777. The summed E-state index contributed by atoms with van der Waals surface area (Å²) in [6, 6.07) is 14.0. The van der Waals surface area contributed by atoms with Gasteiger partial charge in [0.25, 0.3) is 0 Å². The number of halogens is 2. The molecule has 0 bridgehead atoms. The van der Waals surface area contributed by atoms with Crippen LogP contribution >= 0.6 is 35.3 Å². The summed E-state index contributed by atoms with van der Waals surface area (Å²) in [5, 5.41) is 2.83. The van der Waals surface area contributed by atoms with E-state index in [4.69, 9.17) is 23.2 Å². The Morgan fingerprint density at radius 1 is 1.12 bits per heavy atom. The van der Waals surface area contributed by atoms with Crippen LogP contribution in [-0.4, -0.2) is 15.8 Å². The van der Waals surface area contributed by atoms with Crippen LogP contribution in [0.4, 0.5) is 0 Å². The van der Waals surface area contributed by atoms with Gasteiger partial charge in [-0.2, -0.15) is 0 Å². The molecule has 0 fully saturated rings. The fourth-order valence-electron chi connectivity index (χ4n) is 3.12. The van der Waals surface area contributed by atoms with Gasteiger partial charge in [-0.05, 0) is 47.9 Å². The van der Waals surface area contributed by atoms with Gasteiger partial charge in [0, 0.05) is 51.9 Å². The van der Waals surface area contributed by atoms with E-state index in [-0.39, 0.29) is 0 Å². The topological polar surface area (TPSA) is 31.1 Å². The molecule has 0 atom stereocenters. The van der Waals surface area contributed by atoms with Gasteiger partial charge in [0.05, 0.1) is 6.54 Å². The molecule has 0 saturated heterocycles. The van der Waals surface area contributed by atoms with Gasteiger partial charge >= 0.3 is 0 Å². The van der Waals surface area contributed by atoms with Crippen LogP contribution in [0.15, 0.2) is 42.5 Å². The van der Waals surface area contributed by atoms with Gasteiger partial charge in [0.15, 0.2) is 0 Å². The van der Waals surface area contributed by atoms with Crippen LogP contribution in [0.2, 0.25) is 10.0 Å². The molecule has 26 heavy (non-hydrogen) atoms. The van der Waals surface area contributed by atoms with Crippen molar-refractivity contribution in [3.63, 3.8) is 0 Å². The van der Waals surface area contributed by atoms with Crippen LogP contribution in [0, 0.1) is 0 Å². The smallest absolute Gasteiger partial charge is 0.0507 e. The third-order valence-electron chi connectivity index (χ3n) is 4.26. The molecule has 1 aliphatic heterocycles. The van der Waals surface area contributed by atoms with E-state index in [1.807, 2.05) is 38.1 Å². The molecule has 1 aromatic heterocycles. The monoisotopic (exact) mass is 407 g/mol. The van der Waals surface area contributed by atoms with Crippen molar-refractivity contribution >= 4 is 46.2 Å². The average molecular weight is 408 g/mol. The number of aromatic amines is 1. The molecule has 0 amide bonds. The Labute approximate surface area is 169 Å². The highest BCUT2D eigenvalue weighted by Crippen LogP contribution is 2.31. The van der Waals surface area contributed by atoms with Crippen molar-refractivity contribution in [2.24, 2.45) is 0 Å². The van der Waals surface area contributed by atoms with Gasteiger partial charge in [0.1, 0.15) is 0 Å². The number of benzene rings is 2. The predicted octanol–water partition coefficient (Wildman–Crippen LogP) is 6.21. The van der Waals surface area contributed by atoms with E-state index in [0.29, 0.717) is 0 Å². The standard InChI is InChI=1S/C18H17Cl2N3S.C2H6/c19-13-3-1-2-12(8-13)10-21-24-23-7-6-15-16-9-14(20)4-5-17(16)22-18(15)11-23;1-2/h1-5,8-9,21-22H,6-7,10-11H2;1-2H3. The zero-order chi connectivity index (χ0) is 18.5. The Morgan fingerprint density at radius 3 is 2.73 bits per heavy atom. The summed E-state index contributed by atoms with van der Waals surface area (Å²) in [7, 11) is 0. The van der Waals surface area contributed by atoms with Crippen molar-refractivity contribution in [1.29, 1.82) is 0 Å². The lowest BCUT2D eigenvalue weighted by atomic mass is 10.0. The second kappa shape index (κ2) is 9.16. The first kappa shape index (κ1) is 19.6. The first-order valence-electron chi connectivity index (χ1n) is 8.87. The maximum absolute atomic E-state index is 6.14. The quantitative estimate of drug-likeness (QED) is 0.503. The molecular formula is C20H23Cl2N3S. The molecule has 2 N–H and O–H groups in total.